The molecule has 1 aliphatic rings. The maximum absolute atomic E-state index is 13.8. The molecule has 1 N–H and O–H groups in total. The topological polar surface area (TPSA) is 20.2 Å². The minimum absolute atomic E-state index is 0.284. The molecular formula is C17H16BrFO. The molecule has 1 unspecified atom stereocenters. The highest BCUT2D eigenvalue weighted by Gasteiger charge is 2.23. The molecular weight excluding hydrogens is 319 g/mol. The van der Waals surface area contributed by atoms with E-state index in [1.54, 1.807) is 12.1 Å². The van der Waals surface area contributed by atoms with E-state index in [1.165, 1.54) is 24.5 Å². The summed E-state index contributed by atoms with van der Waals surface area (Å²) in [4.78, 5) is 0. The monoisotopic (exact) mass is 334 g/mol. The van der Waals surface area contributed by atoms with Crippen LogP contribution in [0.4, 0.5) is 4.39 Å². The van der Waals surface area contributed by atoms with Crippen molar-refractivity contribution in [3.8, 4) is 0 Å². The predicted molar refractivity (Wildman–Crippen MR) is 81.2 cm³/mol. The SMILES string of the molecule is OC(Cc1ccc(Br)cc1F)c1ccc(C2CC2)cc1. The fourth-order valence-corrected chi connectivity index (χ4v) is 2.75. The summed E-state index contributed by atoms with van der Waals surface area (Å²) >= 11 is 3.23. The average molecular weight is 335 g/mol. The van der Waals surface area contributed by atoms with Crippen LogP contribution in [-0.2, 0) is 6.42 Å². The van der Waals surface area contributed by atoms with Gasteiger partial charge in [-0.05, 0) is 47.6 Å². The predicted octanol–water partition coefficient (Wildman–Crippen LogP) is 4.74. The number of aliphatic hydroxyl groups excluding tert-OH is 1. The van der Waals surface area contributed by atoms with E-state index in [9.17, 15) is 9.50 Å². The van der Waals surface area contributed by atoms with E-state index in [0.29, 0.717) is 22.4 Å². The minimum atomic E-state index is -0.668. The van der Waals surface area contributed by atoms with Crippen molar-refractivity contribution >= 4 is 15.9 Å². The van der Waals surface area contributed by atoms with Crippen LogP contribution in [0.5, 0.6) is 0 Å². The Kier molecular flexibility index (Phi) is 3.90. The van der Waals surface area contributed by atoms with E-state index >= 15 is 0 Å². The molecule has 104 valence electrons. The zero-order valence-corrected chi connectivity index (χ0v) is 12.6. The molecule has 0 heterocycles. The molecule has 1 fully saturated rings. The Labute approximate surface area is 126 Å². The smallest absolute Gasteiger partial charge is 0.127 e. The third-order valence-corrected chi connectivity index (χ3v) is 4.29. The van der Waals surface area contributed by atoms with E-state index in [-0.39, 0.29) is 5.82 Å². The van der Waals surface area contributed by atoms with Crippen molar-refractivity contribution in [1.82, 2.24) is 0 Å². The Balaban J connectivity index is 1.73. The molecule has 1 nitrogen and oxygen atoms in total. The van der Waals surface area contributed by atoms with Crippen LogP contribution < -0.4 is 0 Å². The highest BCUT2D eigenvalue weighted by molar-refractivity contribution is 9.10. The molecule has 0 aliphatic heterocycles. The highest BCUT2D eigenvalue weighted by atomic mass is 79.9. The van der Waals surface area contributed by atoms with E-state index in [4.69, 9.17) is 0 Å². The van der Waals surface area contributed by atoms with Gasteiger partial charge in [0.25, 0.3) is 0 Å². The third kappa shape index (κ3) is 3.10. The van der Waals surface area contributed by atoms with Crippen molar-refractivity contribution in [2.75, 3.05) is 0 Å². The molecule has 2 aromatic carbocycles. The molecule has 0 spiro atoms. The van der Waals surface area contributed by atoms with Crippen LogP contribution in [0.15, 0.2) is 46.9 Å². The number of hydrogen-bond acceptors (Lipinski definition) is 1. The van der Waals surface area contributed by atoms with Crippen LogP contribution in [0.1, 0.15) is 41.6 Å². The first-order chi connectivity index (χ1) is 9.63. The molecule has 1 aliphatic carbocycles. The first-order valence-electron chi connectivity index (χ1n) is 6.85. The van der Waals surface area contributed by atoms with Gasteiger partial charge in [-0.25, -0.2) is 4.39 Å². The van der Waals surface area contributed by atoms with Crippen LogP contribution in [0.25, 0.3) is 0 Å². The summed E-state index contributed by atoms with van der Waals surface area (Å²) < 4.78 is 14.5. The van der Waals surface area contributed by atoms with E-state index in [1.807, 2.05) is 12.1 Å². The van der Waals surface area contributed by atoms with Gasteiger partial charge in [-0.2, -0.15) is 0 Å². The summed E-state index contributed by atoms with van der Waals surface area (Å²) in [7, 11) is 0. The number of aliphatic hydroxyl groups is 1. The van der Waals surface area contributed by atoms with Crippen molar-refractivity contribution in [2.24, 2.45) is 0 Å². The Morgan fingerprint density at radius 1 is 1.15 bits per heavy atom. The third-order valence-electron chi connectivity index (χ3n) is 3.80. The molecule has 20 heavy (non-hydrogen) atoms. The maximum Gasteiger partial charge on any atom is 0.127 e. The van der Waals surface area contributed by atoms with Crippen LogP contribution >= 0.6 is 15.9 Å². The maximum atomic E-state index is 13.8. The quantitative estimate of drug-likeness (QED) is 0.855. The van der Waals surface area contributed by atoms with Gasteiger partial charge in [-0.1, -0.05) is 46.3 Å². The Morgan fingerprint density at radius 2 is 1.85 bits per heavy atom. The summed E-state index contributed by atoms with van der Waals surface area (Å²) in [6.45, 7) is 0. The van der Waals surface area contributed by atoms with Crippen molar-refractivity contribution in [1.29, 1.82) is 0 Å². The van der Waals surface area contributed by atoms with E-state index in [2.05, 4.69) is 28.1 Å². The summed E-state index contributed by atoms with van der Waals surface area (Å²) in [5.41, 5.74) is 2.72. The first kappa shape index (κ1) is 13.8. The summed E-state index contributed by atoms with van der Waals surface area (Å²) in [5, 5.41) is 10.2. The lowest BCUT2D eigenvalue weighted by Gasteiger charge is -2.12. The van der Waals surface area contributed by atoms with Gasteiger partial charge in [0.1, 0.15) is 5.82 Å². The molecule has 0 amide bonds. The van der Waals surface area contributed by atoms with Gasteiger partial charge in [0.2, 0.25) is 0 Å². The second-order valence-electron chi connectivity index (χ2n) is 5.40. The first-order valence-corrected chi connectivity index (χ1v) is 7.64. The summed E-state index contributed by atoms with van der Waals surface area (Å²) in [6, 6.07) is 13.0. The number of rotatable bonds is 4. The fourth-order valence-electron chi connectivity index (χ4n) is 2.42. The molecule has 0 saturated heterocycles. The molecule has 0 aromatic heterocycles. The van der Waals surface area contributed by atoms with Crippen molar-refractivity contribution < 1.29 is 9.50 Å². The van der Waals surface area contributed by atoms with Gasteiger partial charge >= 0.3 is 0 Å². The van der Waals surface area contributed by atoms with Gasteiger partial charge in [-0.15, -0.1) is 0 Å². The number of benzene rings is 2. The Morgan fingerprint density at radius 3 is 2.45 bits per heavy atom. The lowest BCUT2D eigenvalue weighted by molar-refractivity contribution is 0.177. The van der Waals surface area contributed by atoms with E-state index in [0.717, 1.165) is 5.56 Å². The lowest BCUT2D eigenvalue weighted by Crippen LogP contribution is -2.03. The highest BCUT2D eigenvalue weighted by Crippen LogP contribution is 2.40. The second-order valence-corrected chi connectivity index (χ2v) is 6.31. The number of halogens is 2. The van der Waals surface area contributed by atoms with Crippen molar-refractivity contribution in [3.05, 3.63) is 69.4 Å². The molecule has 0 radical (unpaired) electrons. The van der Waals surface area contributed by atoms with E-state index < -0.39 is 6.10 Å². The fraction of sp³-hybridized carbons (Fsp3) is 0.294. The van der Waals surface area contributed by atoms with Gasteiger partial charge in [0.05, 0.1) is 6.10 Å². The molecule has 0 bridgehead atoms. The van der Waals surface area contributed by atoms with Gasteiger partial charge in [-0.3, -0.25) is 0 Å². The Bertz CT molecular complexity index is 605. The molecule has 2 aromatic rings. The summed E-state index contributed by atoms with van der Waals surface area (Å²) in [5.74, 6) is 0.429. The second kappa shape index (κ2) is 5.66. The zero-order chi connectivity index (χ0) is 14.1. The zero-order valence-electron chi connectivity index (χ0n) is 11.0. The largest absolute Gasteiger partial charge is 0.388 e. The molecule has 3 heteroatoms. The normalized spacial score (nSPS) is 16.1. The van der Waals surface area contributed by atoms with Crippen LogP contribution in [0, 0.1) is 5.82 Å². The van der Waals surface area contributed by atoms with Crippen LogP contribution in [0.2, 0.25) is 0 Å². The van der Waals surface area contributed by atoms with Crippen LogP contribution in [-0.4, -0.2) is 5.11 Å². The Hall–Kier alpha value is -1.19. The number of hydrogen-bond donors (Lipinski definition) is 1. The van der Waals surface area contributed by atoms with Crippen molar-refractivity contribution in [2.45, 2.75) is 31.3 Å². The van der Waals surface area contributed by atoms with Crippen molar-refractivity contribution in [3.63, 3.8) is 0 Å². The lowest BCUT2D eigenvalue weighted by atomic mass is 9.99. The molecule has 3 rings (SSSR count). The molecule has 1 saturated carbocycles. The minimum Gasteiger partial charge on any atom is -0.388 e. The standard InChI is InChI=1S/C17H16BrFO/c18-15-8-7-14(16(19)10-15)9-17(20)13-5-3-12(4-6-13)11-1-2-11/h3-8,10-11,17,20H,1-2,9H2. The average Bonchev–Trinajstić information content (AvgIpc) is 3.26. The molecule has 1 atom stereocenters. The van der Waals surface area contributed by atoms with Crippen LogP contribution in [0.3, 0.4) is 0 Å². The summed E-state index contributed by atoms with van der Waals surface area (Å²) in [6.07, 6.45) is 2.17. The van der Waals surface area contributed by atoms with Gasteiger partial charge in [0, 0.05) is 10.9 Å². The van der Waals surface area contributed by atoms with Gasteiger partial charge in [0.15, 0.2) is 0 Å². The van der Waals surface area contributed by atoms with Gasteiger partial charge < -0.3 is 5.11 Å².